The summed E-state index contributed by atoms with van der Waals surface area (Å²) in [5.41, 5.74) is -0.0685. The van der Waals surface area contributed by atoms with Crippen LogP contribution in [-0.4, -0.2) is 104 Å². The number of rotatable bonds is 9. The zero-order valence-corrected chi connectivity index (χ0v) is 20.6. The number of morpholine rings is 1. The Labute approximate surface area is 208 Å². The lowest BCUT2D eigenvalue weighted by atomic mass is 10.0. The van der Waals surface area contributed by atoms with E-state index in [4.69, 9.17) is 14.2 Å². The molecule has 0 radical (unpaired) electrons. The molecule has 0 bridgehead atoms. The maximum atomic E-state index is 12.2. The highest BCUT2D eigenvalue weighted by atomic mass is 16.5. The first kappa shape index (κ1) is 25.4. The summed E-state index contributed by atoms with van der Waals surface area (Å²) in [7, 11) is 0. The van der Waals surface area contributed by atoms with E-state index in [9.17, 15) is 9.90 Å². The molecule has 2 saturated heterocycles. The predicted molar refractivity (Wildman–Crippen MR) is 134 cm³/mol. The van der Waals surface area contributed by atoms with Crippen molar-refractivity contribution in [1.82, 2.24) is 14.7 Å². The van der Waals surface area contributed by atoms with E-state index in [0.29, 0.717) is 38.5 Å². The van der Waals surface area contributed by atoms with Crippen molar-refractivity contribution < 1.29 is 24.1 Å². The van der Waals surface area contributed by atoms with Crippen molar-refractivity contribution >= 4 is 5.91 Å². The Bertz CT molecular complexity index is 937. The fraction of sp³-hybridized carbons (Fsp3) is 0.519. The van der Waals surface area contributed by atoms with Crippen molar-refractivity contribution in [3.63, 3.8) is 0 Å². The minimum atomic E-state index is -1.18. The predicted octanol–water partition coefficient (Wildman–Crippen LogP) is 1.87. The topological polar surface area (TPSA) is 74.7 Å². The normalized spacial score (nSPS) is 21.9. The second-order valence-corrected chi connectivity index (χ2v) is 9.43. The van der Waals surface area contributed by atoms with Gasteiger partial charge < -0.3 is 24.2 Å². The van der Waals surface area contributed by atoms with Crippen LogP contribution >= 0.6 is 0 Å². The Morgan fingerprint density at radius 2 is 1.71 bits per heavy atom. The van der Waals surface area contributed by atoms with Gasteiger partial charge in [-0.05, 0) is 29.8 Å². The molecular formula is C27H37N3O5. The number of amides is 1. The van der Waals surface area contributed by atoms with Crippen molar-refractivity contribution in [3.8, 4) is 11.5 Å². The molecule has 1 atom stereocenters. The number of hydrogen-bond donors (Lipinski definition) is 1. The number of hydrogen-bond acceptors (Lipinski definition) is 7. The molecular weight excluding hydrogens is 446 g/mol. The Hall–Kier alpha value is -2.65. The lowest BCUT2D eigenvalue weighted by molar-refractivity contribution is -0.132. The molecule has 2 fully saturated rings. The molecule has 2 aliphatic heterocycles. The number of β-amino-alcohol motifs (C(OH)–C–C–N with tert-alkyl or cyclic N) is 1. The first-order valence-electron chi connectivity index (χ1n) is 12.4. The summed E-state index contributed by atoms with van der Waals surface area (Å²) >= 11 is 0. The average molecular weight is 484 g/mol. The Morgan fingerprint density at radius 3 is 2.49 bits per heavy atom. The average Bonchev–Trinajstić information content (AvgIpc) is 3.03. The molecule has 0 aromatic heterocycles. The minimum Gasteiger partial charge on any atom is -0.492 e. The van der Waals surface area contributed by atoms with Crippen LogP contribution in [0.1, 0.15) is 12.5 Å². The smallest absolute Gasteiger partial charge is 0.219 e. The quantitative estimate of drug-likeness (QED) is 0.584. The molecule has 2 aliphatic rings. The van der Waals surface area contributed by atoms with Gasteiger partial charge in [0.25, 0.3) is 0 Å². The fourth-order valence-corrected chi connectivity index (χ4v) is 4.58. The van der Waals surface area contributed by atoms with Gasteiger partial charge in [-0.15, -0.1) is 0 Å². The second kappa shape index (κ2) is 12.4. The number of para-hydroxylation sites is 1. The summed E-state index contributed by atoms with van der Waals surface area (Å²) < 4.78 is 17.3. The summed E-state index contributed by atoms with van der Waals surface area (Å²) in [5, 5.41) is 11.5. The van der Waals surface area contributed by atoms with E-state index in [1.54, 1.807) is 11.8 Å². The van der Waals surface area contributed by atoms with Crippen LogP contribution in [0.2, 0.25) is 0 Å². The molecule has 2 aromatic carbocycles. The molecule has 190 valence electrons. The maximum Gasteiger partial charge on any atom is 0.219 e. The summed E-state index contributed by atoms with van der Waals surface area (Å²) in [6.45, 7) is 9.21. The third-order valence-corrected chi connectivity index (χ3v) is 6.47. The van der Waals surface area contributed by atoms with Gasteiger partial charge in [-0.25, -0.2) is 0 Å². The van der Waals surface area contributed by atoms with Crippen molar-refractivity contribution in [2.75, 3.05) is 72.2 Å². The summed E-state index contributed by atoms with van der Waals surface area (Å²) in [5.74, 6) is 1.51. The lowest BCUT2D eigenvalue weighted by Gasteiger charge is -2.32. The van der Waals surface area contributed by atoms with E-state index in [0.717, 1.165) is 44.2 Å². The molecule has 2 heterocycles. The Morgan fingerprint density at radius 1 is 0.943 bits per heavy atom. The first-order valence-corrected chi connectivity index (χ1v) is 12.4. The van der Waals surface area contributed by atoms with Crippen LogP contribution in [0, 0.1) is 0 Å². The SMILES string of the molecule is CC(=O)N1CCN(Cc2cccc(OCCN3CCOCC3)c2)C[C@@](O)(COc2ccccc2)C1. The molecule has 2 aromatic rings. The fourth-order valence-electron chi connectivity index (χ4n) is 4.58. The number of aliphatic hydroxyl groups is 1. The van der Waals surface area contributed by atoms with Crippen LogP contribution in [-0.2, 0) is 16.1 Å². The highest BCUT2D eigenvalue weighted by Crippen LogP contribution is 2.21. The zero-order chi connectivity index (χ0) is 24.5. The van der Waals surface area contributed by atoms with Gasteiger partial charge in [0.1, 0.15) is 30.3 Å². The maximum absolute atomic E-state index is 12.2. The Kier molecular flexibility index (Phi) is 8.98. The Balaban J connectivity index is 1.36. The standard InChI is InChI=1S/C27H37N3O5/c1-23(31)30-11-10-29(20-27(32,21-30)22-35-25-7-3-2-4-8-25)19-24-6-5-9-26(18-24)34-17-14-28-12-15-33-16-13-28/h2-9,18,32H,10-17,19-22H2,1H3/t27-/m0/s1. The van der Waals surface area contributed by atoms with Crippen LogP contribution in [0.25, 0.3) is 0 Å². The van der Waals surface area contributed by atoms with Crippen molar-refractivity contribution in [1.29, 1.82) is 0 Å². The van der Waals surface area contributed by atoms with Gasteiger partial charge in [-0.1, -0.05) is 30.3 Å². The molecule has 8 nitrogen and oxygen atoms in total. The van der Waals surface area contributed by atoms with Crippen LogP contribution in [0.15, 0.2) is 54.6 Å². The van der Waals surface area contributed by atoms with Crippen LogP contribution < -0.4 is 9.47 Å². The van der Waals surface area contributed by atoms with Crippen molar-refractivity contribution in [2.24, 2.45) is 0 Å². The second-order valence-electron chi connectivity index (χ2n) is 9.43. The molecule has 8 heteroatoms. The molecule has 1 N–H and O–H groups in total. The van der Waals surface area contributed by atoms with Gasteiger partial charge in [-0.2, -0.15) is 0 Å². The van der Waals surface area contributed by atoms with Gasteiger partial charge in [0.2, 0.25) is 5.91 Å². The van der Waals surface area contributed by atoms with Crippen molar-refractivity contribution in [3.05, 3.63) is 60.2 Å². The van der Waals surface area contributed by atoms with E-state index >= 15 is 0 Å². The minimum absolute atomic E-state index is 0.0411. The molecule has 35 heavy (non-hydrogen) atoms. The molecule has 0 aliphatic carbocycles. The lowest BCUT2D eigenvalue weighted by Crippen LogP contribution is -2.51. The number of carbonyl (C=O) groups is 1. The van der Waals surface area contributed by atoms with Gasteiger partial charge >= 0.3 is 0 Å². The zero-order valence-electron chi connectivity index (χ0n) is 20.6. The van der Waals surface area contributed by atoms with Gasteiger partial charge in [-0.3, -0.25) is 14.6 Å². The van der Waals surface area contributed by atoms with Crippen LogP contribution in [0.3, 0.4) is 0 Å². The van der Waals surface area contributed by atoms with E-state index in [1.807, 2.05) is 42.5 Å². The van der Waals surface area contributed by atoms with Gasteiger partial charge in [0.15, 0.2) is 0 Å². The van der Waals surface area contributed by atoms with Gasteiger partial charge in [0.05, 0.1) is 19.8 Å². The molecule has 0 unspecified atom stereocenters. The highest BCUT2D eigenvalue weighted by molar-refractivity contribution is 5.73. The summed E-state index contributed by atoms with van der Waals surface area (Å²) in [4.78, 5) is 18.4. The molecule has 0 saturated carbocycles. The van der Waals surface area contributed by atoms with E-state index < -0.39 is 5.60 Å². The highest BCUT2D eigenvalue weighted by Gasteiger charge is 2.36. The molecule has 4 rings (SSSR count). The van der Waals surface area contributed by atoms with Crippen LogP contribution in [0.4, 0.5) is 0 Å². The van der Waals surface area contributed by atoms with E-state index in [1.165, 1.54) is 0 Å². The third kappa shape index (κ3) is 7.93. The monoisotopic (exact) mass is 483 g/mol. The number of carbonyl (C=O) groups excluding carboxylic acids is 1. The molecule has 0 spiro atoms. The van der Waals surface area contributed by atoms with E-state index in [2.05, 4.69) is 21.9 Å². The number of benzene rings is 2. The first-order chi connectivity index (χ1) is 17.0. The summed E-state index contributed by atoms with van der Waals surface area (Å²) in [6.07, 6.45) is 0. The van der Waals surface area contributed by atoms with Gasteiger partial charge in [0, 0.05) is 52.7 Å². The summed E-state index contributed by atoms with van der Waals surface area (Å²) in [6, 6.07) is 17.6. The molecule has 1 amide bonds. The third-order valence-electron chi connectivity index (χ3n) is 6.47. The number of ether oxygens (including phenoxy) is 3. The number of nitrogens with zero attached hydrogens (tertiary/aromatic N) is 3. The van der Waals surface area contributed by atoms with E-state index in [-0.39, 0.29) is 19.1 Å². The van der Waals surface area contributed by atoms with Crippen molar-refractivity contribution in [2.45, 2.75) is 19.1 Å². The van der Waals surface area contributed by atoms with Crippen LogP contribution in [0.5, 0.6) is 11.5 Å². The largest absolute Gasteiger partial charge is 0.492 e.